The molecule has 4 aliphatic rings. The Morgan fingerprint density at radius 3 is 1.81 bits per heavy atom. The number of hydrogen-bond acceptors (Lipinski definition) is 0. The highest BCUT2D eigenvalue weighted by Gasteiger charge is 2.76. The zero-order valence-electron chi connectivity index (χ0n) is 23.2. The molecule has 3 aromatic rings. The Labute approximate surface area is 218 Å². The first-order valence-electron chi connectivity index (χ1n) is 14.3. The van der Waals surface area contributed by atoms with E-state index in [1.807, 2.05) is 0 Å². The second-order valence-electron chi connectivity index (χ2n) is 15.0. The van der Waals surface area contributed by atoms with Gasteiger partial charge >= 0.3 is 0 Å². The summed E-state index contributed by atoms with van der Waals surface area (Å²) in [6, 6.07) is 26.5. The van der Waals surface area contributed by atoms with E-state index in [1.165, 1.54) is 66.3 Å². The number of rotatable bonds is 2. The van der Waals surface area contributed by atoms with Gasteiger partial charge in [-0.15, -0.1) is 0 Å². The summed E-state index contributed by atoms with van der Waals surface area (Å²) in [6.45, 7) is 14.3. The summed E-state index contributed by atoms with van der Waals surface area (Å²) in [5, 5.41) is 0. The van der Waals surface area contributed by atoms with Crippen molar-refractivity contribution in [3.63, 3.8) is 0 Å². The summed E-state index contributed by atoms with van der Waals surface area (Å²) in [5.74, 6) is 0.800. The Hall–Kier alpha value is -2.34. The molecule has 0 saturated heterocycles. The van der Waals surface area contributed by atoms with Crippen LogP contribution < -0.4 is 0 Å². The van der Waals surface area contributed by atoms with Crippen LogP contribution >= 0.6 is 0 Å². The molecule has 186 valence electrons. The fourth-order valence-corrected chi connectivity index (χ4v) is 9.39. The van der Waals surface area contributed by atoms with Crippen LogP contribution in [0.5, 0.6) is 0 Å². The molecule has 4 atom stereocenters. The van der Waals surface area contributed by atoms with Gasteiger partial charge in [0, 0.05) is 10.8 Å². The van der Waals surface area contributed by atoms with E-state index in [0.29, 0.717) is 16.2 Å². The average Bonchev–Trinajstić information content (AvgIpc) is 3.45. The van der Waals surface area contributed by atoms with Crippen molar-refractivity contribution >= 4 is 0 Å². The van der Waals surface area contributed by atoms with Crippen LogP contribution in [0.15, 0.2) is 66.7 Å². The molecule has 36 heavy (non-hydrogen) atoms. The van der Waals surface area contributed by atoms with Crippen molar-refractivity contribution in [3.8, 4) is 11.1 Å². The number of hydrogen-bond donors (Lipinski definition) is 0. The van der Waals surface area contributed by atoms with Gasteiger partial charge in [0.15, 0.2) is 0 Å². The van der Waals surface area contributed by atoms with Gasteiger partial charge in [-0.05, 0) is 99.6 Å². The van der Waals surface area contributed by atoms with E-state index < -0.39 is 0 Å². The molecule has 2 unspecified atom stereocenters. The van der Waals surface area contributed by atoms with E-state index in [0.717, 1.165) is 5.92 Å². The highest BCUT2D eigenvalue weighted by Crippen LogP contribution is 2.82. The second kappa shape index (κ2) is 6.94. The minimum absolute atomic E-state index is 0.173. The largest absolute Gasteiger partial charge is 0.0622 e. The van der Waals surface area contributed by atoms with Crippen LogP contribution in [0.25, 0.3) is 11.1 Å². The van der Waals surface area contributed by atoms with E-state index in [2.05, 4.69) is 108 Å². The van der Waals surface area contributed by atoms with Gasteiger partial charge in [-0.2, -0.15) is 0 Å². The van der Waals surface area contributed by atoms with E-state index >= 15 is 0 Å². The third kappa shape index (κ3) is 2.82. The predicted octanol–water partition coefficient (Wildman–Crippen LogP) is 9.27. The molecule has 4 aliphatic carbocycles. The fraction of sp³-hybridized carbons (Fsp3) is 0.500. The Bertz CT molecular complexity index is 1360. The van der Waals surface area contributed by atoms with Crippen molar-refractivity contribution in [2.75, 3.05) is 0 Å². The van der Waals surface area contributed by atoms with Crippen LogP contribution in [-0.2, 0) is 28.1 Å². The third-order valence-corrected chi connectivity index (χ3v) is 11.2. The molecule has 3 saturated carbocycles. The Balaban J connectivity index is 1.45. The first kappa shape index (κ1) is 22.8. The van der Waals surface area contributed by atoms with E-state index in [-0.39, 0.29) is 10.8 Å². The Kier molecular flexibility index (Phi) is 4.40. The highest BCUT2D eigenvalue weighted by molar-refractivity contribution is 5.80. The minimum atomic E-state index is 0.173. The lowest BCUT2D eigenvalue weighted by molar-refractivity contribution is 0.182. The summed E-state index contributed by atoms with van der Waals surface area (Å²) < 4.78 is 0. The standard InChI is InChI=1S/C36H42/c1-32(2,3)25-12-14-28-29-15-13-26(33(4,5)6)20-31(29)36-21-27(18-24-10-8-7-9-11-24)34(23-36)16-17-35(36,22-34)30(28)19-25/h7-15,19-20,27H,16-18,21-23H2,1-6H3/t27?,34?,35-,36-/m1/s1. The molecule has 3 aromatic carbocycles. The van der Waals surface area contributed by atoms with Crippen molar-refractivity contribution in [3.05, 3.63) is 94.5 Å². The van der Waals surface area contributed by atoms with Crippen LogP contribution in [-0.4, -0.2) is 0 Å². The maximum atomic E-state index is 2.66. The van der Waals surface area contributed by atoms with Crippen molar-refractivity contribution in [2.45, 2.75) is 102 Å². The van der Waals surface area contributed by atoms with Crippen molar-refractivity contribution in [2.24, 2.45) is 11.3 Å². The maximum Gasteiger partial charge on any atom is 0.00648 e. The van der Waals surface area contributed by atoms with E-state index in [4.69, 9.17) is 0 Å². The van der Waals surface area contributed by atoms with Gasteiger partial charge in [0.1, 0.15) is 0 Å². The molecule has 7 rings (SSSR count). The second-order valence-corrected chi connectivity index (χ2v) is 15.0. The number of fused-ring (bicyclic) bond motifs is 3. The lowest BCUT2D eigenvalue weighted by Crippen LogP contribution is -2.48. The highest BCUT2D eigenvalue weighted by atomic mass is 14.8. The zero-order chi connectivity index (χ0) is 25.1. The molecule has 0 heterocycles. The summed E-state index contributed by atoms with van der Waals surface area (Å²) in [6.07, 6.45) is 8.20. The lowest BCUT2D eigenvalue weighted by Gasteiger charge is -2.52. The Morgan fingerprint density at radius 2 is 1.22 bits per heavy atom. The van der Waals surface area contributed by atoms with Crippen molar-refractivity contribution in [1.82, 2.24) is 0 Å². The van der Waals surface area contributed by atoms with Crippen LogP contribution in [0.4, 0.5) is 0 Å². The van der Waals surface area contributed by atoms with E-state index in [1.54, 1.807) is 11.1 Å². The third-order valence-electron chi connectivity index (χ3n) is 11.2. The average molecular weight is 475 g/mol. The van der Waals surface area contributed by atoms with Crippen LogP contribution in [0.3, 0.4) is 0 Å². The minimum Gasteiger partial charge on any atom is -0.0622 e. The lowest BCUT2D eigenvalue weighted by atomic mass is 9.50. The normalized spacial score (nSPS) is 31.8. The smallest absolute Gasteiger partial charge is 0.00648 e. The first-order valence-corrected chi connectivity index (χ1v) is 14.3. The van der Waals surface area contributed by atoms with Crippen molar-refractivity contribution in [1.29, 1.82) is 0 Å². The molecule has 0 N–H and O–H groups in total. The van der Waals surface area contributed by atoms with Gasteiger partial charge in [0.05, 0.1) is 0 Å². The summed E-state index contributed by atoms with van der Waals surface area (Å²) in [4.78, 5) is 0. The van der Waals surface area contributed by atoms with Gasteiger partial charge in [-0.25, -0.2) is 0 Å². The van der Waals surface area contributed by atoms with Crippen molar-refractivity contribution < 1.29 is 0 Å². The molecular weight excluding hydrogens is 432 g/mol. The predicted molar refractivity (Wildman–Crippen MR) is 152 cm³/mol. The number of benzene rings is 3. The fourth-order valence-electron chi connectivity index (χ4n) is 9.39. The molecule has 0 aliphatic heterocycles. The first-order chi connectivity index (χ1) is 17.0. The Morgan fingerprint density at radius 1 is 0.667 bits per heavy atom. The zero-order valence-corrected chi connectivity index (χ0v) is 23.2. The molecule has 3 bridgehead atoms. The van der Waals surface area contributed by atoms with Gasteiger partial charge in [-0.3, -0.25) is 0 Å². The summed E-state index contributed by atoms with van der Waals surface area (Å²) >= 11 is 0. The topological polar surface area (TPSA) is 0 Å². The van der Waals surface area contributed by atoms with Crippen LogP contribution in [0, 0.1) is 11.3 Å². The molecular formula is C36H42. The molecule has 0 amide bonds. The molecule has 3 spiro atoms. The molecule has 0 heteroatoms. The monoisotopic (exact) mass is 474 g/mol. The van der Waals surface area contributed by atoms with Gasteiger partial charge in [-0.1, -0.05) is 108 Å². The summed E-state index contributed by atoms with van der Waals surface area (Å²) in [5.41, 5.74) is 12.5. The van der Waals surface area contributed by atoms with Gasteiger partial charge < -0.3 is 0 Å². The molecule has 3 fully saturated rings. The molecule has 0 aromatic heterocycles. The molecule has 0 radical (unpaired) electrons. The van der Waals surface area contributed by atoms with Gasteiger partial charge in [0.2, 0.25) is 0 Å². The quantitative estimate of drug-likeness (QED) is 0.347. The van der Waals surface area contributed by atoms with Crippen LogP contribution in [0.1, 0.15) is 101 Å². The SMILES string of the molecule is CC(C)(C)c1ccc2c(c1)[C@@]13CCC4(C1)C[C@]3(CC4Cc1ccccc1)c1cc(C(C)(C)C)ccc1-2. The van der Waals surface area contributed by atoms with Gasteiger partial charge in [0.25, 0.3) is 0 Å². The van der Waals surface area contributed by atoms with E-state index in [9.17, 15) is 0 Å². The summed E-state index contributed by atoms with van der Waals surface area (Å²) in [7, 11) is 0. The maximum absolute atomic E-state index is 2.66. The molecule has 0 nitrogen and oxygen atoms in total. The van der Waals surface area contributed by atoms with Crippen LogP contribution in [0.2, 0.25) is 0 Å².